The molecular weight excluding hydrogens is 298 g/mol. The molecule has 0 saturated heterocycles. The molecule has 1 aromatic heterocycles. The molecule has 1 heterocycles. The average molecular weight is 313 g/mol. The Morgan fingerprint density at radius 3 is 2.75 bits per heavy atom. The molecule has 2 nitrogen and oxygen atoms in total. The molecule has 0 amide bonds. The minimum Gasteiger partial charge on any atom is -0.306 e. The molecule has 0 radical (unpaired) electrons. The van der Waals surface area contributed by atoms with E-state index in [9.17, 15) is 4.39 Å². The molecule has 0 aliphatic heterocycles. The highest BCUT2D eigenvalue weighted by atomic mass is 35.5. The van der Waals surface area contributed by atoms with Crippen molar-refractivity contribution in [2.24, 2.45) is 0 Å². The minimum absolute atomic E-state index is 0.0379. The van der Waals surface area contributed by atoms with Crippen LogP contribution in [0.1, 0.15) is 29.7 Å². The SMILES string of the molecule is Cc1cnccc1CNC(C)c1cc(F)c(Cl)cc1Cl. The number of halogens is 3. The fraction of sp³-hybridized carbons (Fsp3) is 0.267. The van der Waals surface area contributed by atoms with E-state index in [1.165, 1.54) is 12.1 Å². The minimum atomic E-state index is -0.459. The third-order valence-corrected chi connectivity index (χ3v) is 3.86. The standard InChI is InChI=1S/C15H15Cl2FN2/c1-9-7-19-4-3-11(9)8-20-10(2)12-5-15(18)14(17)6-13(12)16/h3-7,10,20H,8H2,1-2H3. The predicted octanol–water partition coefficient (Wildman–Crippen LogP) is 4.69. The zero-order valence-corrected chi connectivity index (χ0v) is 12.8. The molecule has 1 atom stereocenters. The summed E-state index contributed by atoms with van der Waals surface area (Å²) in [7, 11) is 0. The van der Waals surface area contributed by atoms with Crippen LogP contribution in [-0.4, -0.2) is 4.98 Å². The summed E-state index contributed by atoms with van der Waals surface area (Å²) in [6, 6.07) is 4.69. The van der Waals surface area contributed by atoms with Crippen LogP contribution >= 0.6 is 23.2 Å². The summed E-state index contributed by atoms with van der Waals surface area (Å²) >= 11 is 11.8. The lowest BCUT2D eigenvalue weighted by Crippen LogP contribution is -2.19. The molecule has 1 unspecified atom stereocenters. The first-order valence-corrected chi connectivity index (χ1v) is 7.02. The number of hydrogen-bond donors (Lipinski definition) is 1. The van der Waals surface area contributed by atoms with E-state index in [0.29, 0.717) is 17.1 Å². The molecule has 0 bridgehead atoms. The lowest BCUT2D eigenvalue weighted by Gasteiger charge is -2.17. The van der Waals surface area contributed by atoms with Crippen LogP contribution in [0.25, 0.3) is 0 Å². The Labute approximate surface area is 127 Å². The van der Waals surface area contributed by atoms with E-state index >= 15 is 0 Å². The molecular formula is C15H15Cl2FN2. The van der Waals surface area contributed by atoms with Gasteiger partial charge in [0.25, 0.3) is 0 Å². The third-order valence-electron chi connectivity index (χ3n) is 3.24. The van der Waals surface area contributed by atoms with Gasteiger partial charge in [0, 0.05) is 30.0 Å². The zero-order valence-electron chi connectivity index (χ0n) is 11.3. The first kappa shape index (κ1) is 15.2. The number of aromatic nitrogens is 1. The van der Waals surface area contributed by atoms with Crippen LogP contribution in [-0.2, 0) is 6.54 Å². The molecule has 2 rings (SSSR count). The lowest BCUT2D eigenvalue weighted by molar-refractivity contribution is 0.564. The van der Waals surface area contributed by atoms with E-state index < -0.39 is 5.82 Å². The summed E-state index contributed by atoms with van der Waals surface area (Å²) in [5.41, 5.74) is 2.96. The van der Waals surface area contributed by atoms with Crippen molar-refractivity contribution >= 4 is 23.2 Å². The number of rotatable bonds is 4. The van der Waals surface area contributed by atoms with Crippen molar-refractivity contribution in [1.29, 1.82) is 0 Å². The van der Waals surface area contributed by atoms with E-state index in [0.717, 1.165) is 11.1 Å². The van der Waals surface area contributed by atoms with Gasteiger partial charge in [-0.3, -0.25) is 4.98 Å². The Kier molecular flexibility index (Phi) is 4.97. The van der Waals surface area contributed by atoms with Gasteiger partial charge in [0.15, 0.2) is 0 Å². The molecule has 2 aromatic rings. The summed E-state index contributed by atoms with van der Waals surface area (Å²) in [5.74, 6) is -0.459. The molecule has 5 heteroatoms. The van der Waals surface area contributed by atoms with Crippen molar-refractivity contribution in [3.05, 3.63) is 63.1 Å². The summed E-state index contributed by atoms with van der Waals surface area (Å²) in [5, 5.41) is 3.82. The molecule has 1 aromatic carbocycles. The van der Waals surface area contributed by atoms with Crippen LogP contribution < -0.4 is 5.32 Å². The fourth-order valence-electron chi connectivity index (χ4n) is 1.94. The quantitative estimate of drug-likeness (QED) is 0.829. The normalized spacial score (nSPS) is 12.4. The van der Waals surface area contributed by atoms with Crippen molar-refractivity contribution in [1.82, 2.24) is 10.3 Å². The summed E-state index contributed by atoms with van der Waals surface area (Å²) in [6.07, 6.45) is 3.57. The molecule has 0 spiro atoms. The fourth-order valence-corrected chi connectivity index (χ4v) is 2.49. The summed E-state index contributed by atoms with van der Waals surface area (Å²) in [6.45, 7) is 4.60. The van der Waals surface area contributed by atoms with Gasteiger partial charge in [0.05, 0.1) is 5.02 Å². The molecule has 0 aliphatic rings. The van der Waals surface area contributed by atoms with Crippen LogP contribution in [0.4, 0.5) is 4.39 Å². The Balaban J connectivity index is 2.11. The zero-order chi connectivity index (χ0) is 14.7. The largest absolute Gasteiger partial charge is 0.306 e. The van der Waals surface area contributed by atoms with Gasteiger partial charge in [-0.05, 0) is 48.7 Å². The Morgan fingerprint density at radius 2 is 2.05 bits per heavy atom. The second-order valence-corrected chi connectivity index (χ2v) is 5.51. The van der Waals surface area contributed by atoms with Crippen LogP contribution in [0.2, 0.25) is 10.0 Å². The lowest BCUT2D eigenvalue weighted by atomic mass is 10.1. The second kappa shape index (κ2) is 6.53. The maximum atomic E-state index is 13.5. The van der Waals surface area contributed by atoms with E-state index in [1.807, 2.05) is 26.1 Å². The van der Waals surface area contributed by atoms with Gasteiger partial charge >= 0.3 is 0 Å². The Hall–Kier alpha value is -1.16. The highest BCUT2D eigenvalue weighted by molar-refractivity contribution is 6.35. The van der Waals surface area contributed by atoms with Crippen LogP contribution in [0.3, 0.4) is 0 Å². The van der Waals surface area contributed by atoms with Crippen molar-refractivity contribution < 1.29 is 4.39 Å². The van der Waals surface area contributed by atoms with Gasteiger partial charge in [0.2, 0.25) is 0 Å². The molecule has 106 valence electrons. The van der Waals surface area contributed by atoms with E-state index in [4.69, 9.17) is 23.2 Å². The van der Waals surface area contributed by atoms with Gasteiger partial charge in [-0.15, -0.1) is 0 Å². The van der Waals surface area contributed by atoms with E-state index in [1.54, 1.807) is 6.20 Å². The summed E-state index contributed by atoms with van der Waals surface area (Å²) in [4.78, 5) is 4.05. The van der Waals surface area contributed by atoms with Crippen LogP contribution in [0.15, 0.2) is 30.6 Å². The number of nitrogens with one attached hydrogen (secondary N) is 1. The smallest absolute Gasteiger partial charge is 0.142 e. The van der Waals surface area contributed by atoms with Gasteiger partial charge in [0.1, 0.15) is 5.82 Å². The van der Waals surface area contributed by atoms with E-state index in [-0.39, 0.29) is 11.1 Å². The van der Waals surface area contributed by atoms with Crippen molar-refractivity contribution in [2.45, 2.75) is 26.4 Å². The predicted molar refractivity (Wildman–Crippen MR) is 80.6 cm³/mol. The topological polar surface area (TPSA) is 24.9 Å². The Morgan fingerprint density at radius 1 is 1.30 bits per heavy atom. The maximum Gasteiger partial charge on any atom is 0.142 e. The highest BCUT2D eigenvalue weighted by Crippen LogP contribution is 2.28. The third kappa shape index (κ3) is 3.48. The van der Waals surface area contributed by atoms with Crippen molar-refractivity contribution in [3.8, 4) is 0 Å². The molecule has 0 saturated carbocycles. The molecule has 0 aliphatic carbocycles. The van der Waals surface area contributed by atoms with Crippen molar-refractivity contribution in [3.63, 3.8) is 0 Å². The number of nitrogens with zero attached hydrogens (tertiary/aromatic N) is 1. The first-order chi connectivity index (χ1) is 9.49. The number of aryl methyl sites for hydroxylation is 1. The first-order valence-electron chi connectivity index (χ1n) is 6.26. The second-order valence-electron chi connectivity index (χ2n) is 4.69. The number of benzene rings is 1. The van der Waals surface area contributed by atoms with E-state index in [2.05, 4.69) is 10.3 Å². The maximum absolute atomic E-state index is 13.5. The molecule has 20 heavy (non-hydrogen) atoms. The number of hydrogen-bond acceptors (Lipinski definition) is 2. The molecule has 1 N–H and O–H groups in total. The summed E-state index contributed by atoms with van der Waals surface area (Å²) < 4.78 is 13.5. The van der Waals surface area contributed by atoms with Crippen LogP contribution in [0, 0.1) is 12.7 Å². The van der Waals surface area contributed by atoms with Crippen molar-refractivity contribution in [2.75, 3.05) is 0 Å². The molecule has 0 fully saturated rings. The average Bonchev–Trinajstić information content (AvgIpc) is 2.41. The van der Waals surface area contributed by atoms with Gasteiger partial charge in [-0.1, -0.05) is 23.2 Å². The van der Waals surface area contributed by atoms with Gasteiger partial charge in [-0.2, -0.15) is 0 Å². The van der Waals surface area contributed by atoms with Gasteiger partial charge in [-0.25, -0.2) is 4.39 Å². The number of pyridine rings is 1. The highest BCUT2D eigenvalue weighted by Gasteiger charge is 2.13. The Bertz CT molecular complexity index is 617. The van der Waals surface area contributed by atoms with Crippen LogP contribution in [0.5, 0.6) is 0 Å². The van der Waals surface area contributed by atoms with Gasteiger partial charge < -0.3 is 5.32 Å². The monoisotopic (exact) mass is 312 g/mol.